The van der Waals surface area contributed by atoms with Crippen molar-refractivity contribution in [2.24, 2.45) is 5.10 Å². The van der Waals surface area contributed by atoms with E-state index in [1.54, 1.807) is 24.4 Å². The Morgan fingerprint density at radius 2 is 1.96 bits per heavy atom. The minimum atomic E-state index is -0.443. The summed E-state index contributed by atoms with van der Waals surface area (Å²) in [4.78, 5) is 10.4. The number of nitro groups is 1. The van der Waals surface area contributed by atoms with Crippen LogP contribution in [0.25, 0.3) is 11.3 Å². The van der Waals surface area contributed by atoms with Gasteiger partial charge in [0.15, 0.2) is 0 Å². The van der Waals surface area contributed by atoms with E-state index in [4.69, 9.17) is 16.0 Å². The summed E-state index contributed by atoms with van der Waals surface area (Å²) in [6, 6.07) is 15.6. The molecule has 1 aromatic heterocycles. The quantitative estimate of drug-likeness (QED) is 0.320. The molecule has 0 aliphatic heterocycles. The van der Waals surface area contributed by atoms with Gasteiger partial charge in [-0.2, -0.15) is 5.10 Å². The molecule has 0 unspecified atom stereocenters. The second-order valence-corrected chi connectivity index (χ2v) is 6.63. The zero-order valence-corrected chi connectivity index (χ0v) is 15.7. The van der Waals surface area contributed by atoms with Crippen molar-refractivity contribution in [3.8, 4) is 11.3 Å². The molecule has 0 aliphatic carbocycles. The van der Waals surface area contributed by atoms with Crippen LogP contribution in [0, 0.1) is 10.1 Å². The monoisotopic (exact) mass is 433 g/mol. The highest BCUT2D eigenvalue weighted by Crippen LogP contribution is 2.32. The molecule has 26 heavy (non-hydrogen) atoms. The number of non-ortho nitro benzene ring substituents is 1. The highest BCUT2D eigenvalue weighted by Gasteiger charge is 2.12. The summed E-state index contributed by atoms with van der Waals surface area (Å²) in [7, 11) is 0. The van der Waals surface area contributed by atoms with Crippen LogP contribution >= 0.6 is 27.5 Å². The lowest BCUT2D eigenvalue weighted by atomic mass is 10.1. The van der Waals surface area contributed by atoms with E-state index in [1.807, 2.05) is 24.3 Å². The summed E-state index contributed by atoms with van der Waals surface area (Å²) in [6.07, 6.45) is 1.57. The van der Waals surface area contributed by atoms with E-state index < -0.39 is 4.92 Å². The van der Waals surface area contributed by atoms with Gasteiger partial charge in [0.05, 0.1) is 17.7 Å². The lowest BCUT2D eigenvalue weighted by molar-refractivity contribution is -0.384. The maximum Gasteiger partial charge on any atom is 0.270 e. The molecular weight excluding hydrogens is 422 g/mol. The van der Waals surface area contributed by atoms with Crippen LogP contribution in [0.2, 0.25) is 5.02 Å². The van der Waals surface area contributed by atoms with Gasteiger partial charge in [-0.05, 0) is 51.8 Å². The van der Waals surface area contributed by atoms with Gasteiger partial charge in [0, 0.05) is 27.2 Å². The molecule has 1 N–H and O–H groups in total. The molecule has 0 aliphatic rings. The number of furan rings is 1. The molecule has 0 saturated carbocycles. The SMILES string of the molecule is O=[N+]([O-])c1ccc(-c2ccc(/C=N\NCc3ccc(Cl)cc3)o2)c(Br)c1. The topological polar surface area (TPSA) is 80.7 Å². The van der Waals surface area contributed by atoms with E-state index >= 15 is 0 Å². The van der Waals surface area contributed by atoms with E-state index in [0.29, 0.717) is 27.6 Å². The summed E-state index contributed by atoms with van der Waals surface area (Å²) in [5.74, 6) is 1.15. The molecule has 2 aromatic carbocycles. The Bertz CT molecular complexity index is 955. The fourth-order valence-electron chi connectivity index (χ4n) is 2.23. The number of rotatable bonds is 6. The Morgan fingerprint density at radius 1 is 1.19 bits per heavy atom. The third-order valence-electron chi connectivity index (χ3n) is 3.54. The highest BCUT2D eigenvalue weighted by molar-refractivity contribution is 9.10. The fraction of sp³-hybridized carbons (Fsp3) is 0.0556. The number of benzene rings is 2. The summed E-state index contributed by atoms with van der Waals surface area (Å²) >= 11 is 9.18. The van der Waals surface area contributed by atoms with Gasteiger partial charge >= 0.3 is 0 Å². The first kappa shape index (κ1) is 18.2. The zero-order valence-electron chi connectivity index (χ0n) is 13.4. The summed E-state index contributed by atoms with van der Waals surface area (Å²) in [5, 5.41) is 15.6. The van der Waals surface area contributed by atoms with E-state index in [2.05, 4.69) is 26.5 Å². The van der Waals surface area contributed by atoms with Crippen LogP contribution < -0.4 is 5.43 Å². The molecule has 0 saturated heterocycles. The average Bonchev–Trinajstić information content (AvgIpc) is 3.08. The Labute approximate surface area is 162 Å². The first-order valence-electron chi connectivity index (χ1n) is 7.57. The second kappa shape index (κ2) is 8.16. The third kappa shape index (κ3) is 4.50. The first-order valence-corrected chi connectivity index (χ1v) is 8.74. The fourth-order valence-corrected chi connectivity index (χ4v) is 2.92. The number of nitrogens with zero attached hydrogens (tertiary/aromatic N) is 2. The van der Waals surface area contributed by atoms with Crippen molar-refractivity contribution in [2.45, 2.75) is 6.54 Å². The summed E-state index contributed by atoms with van der Waals surface area (Å²) in [5.41, 5.74) is 4.73. The maximum atomic E-state index is 10.8. The van der Waals surface area contributed by atoms with E-state index in [9.17, 15) is 10.1 Å². The Kier molecular flexibility index (Phi) is 5.70. The molecule has 0 atom stereocenters. The molecule has 0 spiro atoms. The first-order chi connectivity index (χ1) is 12.5. The van der Waals surface area contributed by atoms with E-state index in [-0.39, 0.29) is 5.69 Å². The van der Waals surface area contributed by atoms with Crippen molar-refractivity contribution in [3.63, 3.8) is 0 Å². The van der Waals surface area contributed by atoms with Crippen molar-refractivity contribution in [3.05, 3.63) is 85.5 Å². The lowest BCUT2D eigenvalue weighted by Crippen LogP contribution is -2.05. The van der Waals surface area contributed by atoms with Crippen LogP contribution in [0.1, 0.15) is 11.3 Å². The smallest absolute Gasteiger partial charge is 0.270 e. The molecule has 8 heteroatoms. The second-order valence-electron chi connectivity index (χ2n) is 5.34. The largest absolute Gasteiger partial charge is 0.455 e. The highest BCUT2D eigenvalue weighted by atomic mass is 79.9. The van der Waals surface area contributed by atoms with Gasteiger partial charge in [-0.3, -0.25) is 10.1 Å². The van der Waals surface area contributed by atoms with Crippen LogP contribution in [0.3, 0.4) is 0 Å². The number of hydrogen-bond donors (Lipinski definition) is 1. The van der Waals surface area contributed by atoms with Gasteiger partial charge in [-0.25, -0.2) is 0 Å². The van der Waals surface area contributed by atoms with Crippen molar-refractivity contribution in [2.75, 3.05) is 0 Å². The molecule has 6 nitrogen and oxygen atoms in total. The molecule has 132 valence electrons. The van der Waals surface area contributed by atoms with Crippen LogP contribution in [-0.2, 0) is 6.54 Å². The van der Waals surface area contributed by atoms with Crippen molar-refractivity contribution < 1.29 is 9.34 Å². The Morgan fingerprint density at radius 3 is 2.65 bits per heavy atom. The minimum absolute atomic E-state index is 0.0142. The maximum absolute atomic E-state index is 10.8. The number of halogens is 2. The predicted octanol–water partition coefficient (Wildman–Crippen LogP) is 5.39. The average molecular weight is 435 g/mol. The summed E-state index contributed by atoms with van der Waals surface area (Å²) < 4.78 is 6.30. The van der Waals surface area contributed by atoms with Gasteiger partial charge < -0.3 is 9.84 Å². The molecule has 0 radical (unpaired) electrons. The molecule has 0 fully saturated rings. The molecule has 0 amide bonds. The van der Waals surface area contributed by atoms with Gasteiger partial charge in [0.25, 0.3) is 5.69 Å². The summed E-state index contributed by atoms with van der Waals surface area (Å²) in [6.45, 7) is 0.565. The number of nitrogens with one attached hydrogen (secondary N) is 1. The number of nitro benzene ring substituents is 1. The van der Waals surface area contributed by atoms with Crippen molar-refractivity contribution in [1.29, 1.82) is 0 Å². The van der Waals surface area contributed by atoms with Crippen LogP contribution in [0.4, 0.5) is 5.69 Å². The van der Waals surface area contributed by atoms with Crippen molar-refractivity contribution in [1.82, 2.24) is 5.43 Å². The van der Waals surface area contributed by atoms with Gasteiger partial charge in [-0.1, -0.05) is 23.7 Å². The van der Waals surface area contributed by atoms with Crippen LogP contribution in [0.5, 0.6) is 0 Å². The number of hydrogen-bond acceptors (Lipinski definition) is 5. The number of hydrazone groups is 1. The Hall–Kier alpha value is -2.64. The molecule has 3 rings (SSSR count). The van der Waals surface area contributed by atoms with Crippen LogP contribution in [-0.4, -0.2) is 11.1 Å². The van der Waals surface area contributed by atoms with Crippen LogP contribution in [0.15, 0.2) is 68.6 Å². The minimum Gasteiger partial charge on any atom is -0.455 e. The van der Waals surface area contributed by atoms with Gasteiger partial charge in [0.1, 0.15) is 11.5 Å². The van der Waals surface area contributed by atoms with Crippen molar-refractivity contribution >= 4 is 39.4 Å². The predicted molar refractivity (Wildman–Crippen MR) is 104 cm³/mol. The molecule has 1 heterocycles. The standard InChI is InChI=1S/C18H13BrClN3O3/c19-17-9-14(23(24)25)5-7-16(17)18-8-6-15(26-18)11-22-21-10-12-1-3-13(20)4-2-12/h1-9,11,21H,10H2/b22-11-. The van der Waals surface area contributed by atoms with Gasteiger partial charge in [-0.15, -0.1) is 0 Å². The third-order valence-corrected chi connectivity index (χ3v) is 4.44. The van der Waals surface area contributed by atoms with E-state index in [1.165, 1.54) is 12.1 Å². The van der Waals surface area contributed by atoms with E-state index in [0.717, 1.165) is 11.1 Å². The lowest BCUT2D eigenvalue weighted by Gasteiger charge is -2.01. The molecule has 3 aromatic rings. The zero-order chi connectivity index (χ0) is 18.5. The normalized spacial score (nSPS) is 11.0. The Balaban J connectivity index is 1.64. The van der Waals surface area contributed by atoms with Gasteiger partial charge in [0.2, 0.25) is 0 Å². The molecule has 0 bridgehead atoms. The molecular formula is C18H13BrClN3O3.